The Bertz CT molecular complexity index is 315. The predicted octanol–water partition coefficient (Wildman–Crippen LogP) is 1.78. The number of ether oxygens (including phenoxy) is 1. The number of carbonyl (C=O) groups excluding carboxylic acids is 1. The van der Waals surface area contributed by atoms with Crippen molar-refractivity contribution in [3.63, 3.8) is 0 Å². The second-order valence-electron chi connectivity index (χ2n) is 7.18. The van der Waals surface area contributed by atoms with E-state index >= 15 is 0 Å². The van der Waals surface area contributed by atoms with Crippen LogP contribution in [-0.2, 0) is 9.53 Å². The molecule has 0 bridgehead atoms. The highest BCUT2D eigenvalue weighted by molar-refractivity contribution is 5.77. The van der Waals surface area contributed by atoms with E-state index in [9.17, 15) is 4.79 Å². The summed E-state index contributed by atoms with van der Waals surface area (Å²) in [6, 6.07) is 0.404. The largest absolute Gasteiger partial charge is 0.381 e. The minimum Gasteiger partial charge on any atom is -0.381 e. The highest BCUT2D eigenvalue weighted by Crippen LogP contribution is 2.30. The van der Waals surface area contributed by atoms with E-state index in [2.05, 4.69) is 25.7 Å². The molecule has 1 aliphatic heterocycles. The molecule has 2 unspecified atom stereocenters. The van der Waals surface area contributed by atoms with E-state index in [1.165, 1.54) is 0 Å². The van der Waals surface area contributed by atoms with Gasteiger partial charge >= 0.3 is 0 Å². The molecule has 1 saturated carbocycles. The zero-order chi connectivity index (χ0) is 14.0. The van der Waals surface area contributed by atoms with Crippen LogP contribution in [0.2, 0.25) is 0 Å². The minimum absolute atomic E-state index is 0.0125. The van der Waals surface area contributed by atoms with Crippen LogP contribution in [0.5, 0.6) is 0 Å². The lowest BCUT2D eigenvalue weighted by Gasteiger charge is -2.31. The Morgan fingerprint density at radius 2 is 2.05 bits per heavy atom. The van der Waals surface area contributed by atoms with Crippen LogP contribution in [0.1, 0.15) is 46.5 Å². The maximum Gasteiger partial charge on any atom is 0.224 e. The average molecular weight is 268 g/mol. The van der Waals surface area contributed by atoms with Gasteiger partial charge in [-0.25, -0.2) is 0 Å². The summed E-state index contributed by atoms with van der Waals surface area (Å²) >= 11 is 0. The summed E-state index contributed by atoms with van der Waals surface area (Å²) in [5.74, 6) is 0.757. The topological polar surface area (TPSA) is 55.6 Å². The van der Waals surface area contributed by atoms with Crippen molar-refractivity contribution in [3.8, 4) is 0 Å². The van der Waals surface area contributed by atoms with Crippen molar-refractivity contribution in [2.24, 2.45) is 17.1 Å². The van der Waals surface area contributed by atoms with Crippen LogP contribution in [0.4, 0.5) is 0 Å². The molecule has 2 aliphatic rings. The smallest absolute Gasteiger partial charge is 0.224 e. The van der Waals surface area contributed by atoms with Gasteiger partial charge in [0.1, 0.15) is 0 Å². The third kappa shape index (κ3) is 4.18. The molecule has 0 aromatic carbocycles. The van der Waals surface area contributed by atoms with Gasteiger partial charge in [0, 0.05) is 37.6 Å². The highest BCUT2D eigenvalue weighted by Gasteiger charge is 2.36. The van der Waals surface area contributed by atoms with Crippen LogP contribution in [-0.4, -0.2) is 42.6 Å². The van der Waals surface area contributed by atoms with E-state index in [-0.39, 0.29) is 17.4 Å². The van der Waals surface area contributed by atoms with Gasteiger partial charge in [0.15, 0.2) is 0 Å². The third-order valence-electron chi connectivity index (χ3n) is 4.29. The Morgan fingerprint density at radius 3 is 2.53 bits per heavy atom. The molecule has 2 N–H and O–H groups in total. The predicted molar refractivity (Wildman–Crippen MR) is 75.7 cm³/mol. The first-order valence-corrected chi connectivity index (χ1v) is 7.50. The molecule has 2 fully saturated rings. The molecule has 4 heteroatoms. The van der Waals surface area contributed by atoms with Gasteiger partial charge in [-0.2, -0.15) is 0 Å². The van der Waals surface area contributed by atoms with Crippen molar-refractivity contribution in [3.05, 3.63) is 0 Å². The molecule has 19 heavy (non-hydrogen) atoms. The van der Waals surface area contributed by atoms with Crippen molar-refractivity contribution in [1.82, 2.24) is 4.90 Å². The molecule has 4 nitrogen and oxygen atoms in total. The van der Waals surface area contributed by atoms with Gasteiger partial charge in [-0.05, 0) is 24.7 Å². The molecule has 2 rings (SSSR count). The van der Waals surface area contributed by atoms with E-state index in [1.54, 1.807) is 0 Å². The third-order valence-corrected chi connectivity index (χ3v) is 4.29. The van der Waals surface area contributed by atoms with Crippen LogP contribution in [0, 0.1) is 11.3 Å². The van der Waals surface area contributed by atoms with Gasteiger partial charge in [-0.1, -0.05) is 20.8 Å². The fraction of sp³-hybridized carbons (Fsp3) is 0.933. The molecule has 110 valence electrons. The van der Waals surface area contributed by atoms with E-state index < -0.39 is 0 Å². The van der Waals surface area contributed by atoms with Crippen LogP contribution < -0.4 is 5.73 Å². The highest BCUT2D eigenvalue weighted by atomic mass is 16.5. The fourth-order valence-electron chi connectivity index (χ4n) is 2.46. The van der Waals surface area contributed by atoms with Crippen molar-refractivity contribution in [2.45, 2.75) is 58.5 Å². The van der Waals surface area contributed by atoms with Crippen molar-refractivity contribution in [2.75, 3.05) is 19.8 Å². The fourth-order valence-corrected chi connectivity index (χ4v) is 2.46. The van der Waals surface area contributed by atoms with Crippen LogP contribution in [0.15, 0.2) is 0 Å². The lowest BCUT2D eigenvalue weighted by atomic mass is 9.85. The summed E-state index contributed by atoms with van der Waals surface area (Å²) in [5.41, 5.74) is 6.13. The Morgan fingerprint density at radius 1 is 1.37 bits per heavy atom. The van der Waals surface area contributed by atoms with Crippen molar-refractivity contribution < 1.29 is 9.53 Å². The minimum atomic E-state index is -0.0684. The molecule has 1 heterocycles. The molecule has 0 spiro atoms. The molecule has 1 saturated heterocycles. The summed E-state index contributed by atoms with van der Waals surface area (Å²) in [6.07, 6.45) is 3.86. The van der Waals surface area contributed by atoms with Crippen molar-refractivity contribution in [1.29, 1.82) is 0 Å². The Kier molecular flexibility index (Phi) is 4.51. The number of nitrogens with zero attached hydrogens (tertiary/aromatic N) is 1. The zero-order valence-corrected chi connectivity index (χ0v) is 12.5. The number of rotatable bonds is 5. The maximum atomic E-state index is 12.5. The average Bonchev–Trinajstić information content (AvgIpc) is 3.02. The molecule has 0 aromatic rings. The quantitative estimate of drug-likeness (QED) is 0.827. The molecular formula is C15H28N2O2. The maximum absolute atomic E-state index is 12.5. The lowest BCUT2D eigenvalue weighted by Crippen LogP contribution is -2.44. The molecule has 0 aromatic heterocycles. The van der Waals surface area contributed by atoms with E-state index in [0.29, 0.717) is 18.4 Å². The van der Waals surface area contributed by atoms with Gasteiger partial charge in [0.25, 0.3) is 0 Å². The SMILES string of the molecule is CC(C)(C)C(N)CC(=O)N(CC1CCOC1)C1CC1. The first-order chi connectivity index (χ1) is 8.88. The molecule has 2 atom stereocenters. The Hall–Kier alpha value is -0.610. The second-order valence-corrected chi connectivity index (χ2v) is 7.18. The molecule has 0 radical (unpaired) electrons. The Balaban J connectivity index is 1.89. The molecule has 1 amide bonds. The van der Waals surface area contributed by atoms with Gasteiger partial charge in [0.2, 0.25) is 5.91 Å². The summed E-state index contributed by atoms with van der Waals surface area (Å²) in [4.78, 5) is 14.5. The Labute approximate surface area is 116 Å². The summed E-state index contributed by atoms with van der Waals surface area (Å²) < 4.78 is 5.41. The van der Waals surface area contributed by atoms with Gasteiger partial charge in [-0.15, -0.1) is 0 Å². The van der Waals surface area contributed by atoms with E-state index in [1.807, 2.05) is 0 Å². The van der Waals surface area contributed by atoms with Gasteiger partial charge < -0.3 is 15.4 Å². The summed E-state index contributed by atoms with van der Waals surface area (Å²) in [6.45, 7) is 8.80. The number of hydrogen-bond acceptors (Lipinski definition) is 3. The lowest BCUT2D eigenvalue weighted by molar-refractivity contribution is -0.133. The zero-order valence-electron chi connectivity index (χ0n) is 12.5. The standard InChI is InChI=1S/C15H28N2O2/c1-15(2,3)13(16)8-14(18)17(12-4-5-12)9-11-6-7-19-10-11/h11-13H,4-10,16H2,1-3H3. The monoisotopic (exact) mass is 268 g/mol. The van der Waals surface area contributed by atoms with E-state index in [4.69, 9.17) is 10.5 Å². The van der Waals surface area contributed by atoms with Gasteiger partial charge in [-0.3, -0.25) is 4.79 Å². The first kappa shape index (κ1) is 14.8. The number of nitrogens with two attached hydrogens (primary N) is 1. The number of hydrogen-bond donors (Lipinski definition) is 1. The van der Waals surface area contributed by atoms with Crippen LogP contribution in [0.3, 0.4) is 0 Å². The second kappa shape index (κ2) is 5.80. The summed E-state index contributed by atoms with van der Waals surface area (Å²) in [7, 11) is 0. The van der Waals surface area contributed by atoms with Crippen LogP contribution >= 0.6 is 0 Å². The molecule has 1 aliphatic carbocycles. The first-order valence-electron chi connectivity index (χ1n) is 7.50. The van der Waals surface area contributed by atoms with Crippen LogP contribution in [0.25, 0.3) is 0 Å². The van der Waals surface area contributed by atoms with Gasteiger partial charge in [0.05, 0.1) is 6.61 Å². The summed E-state index contributed by atoms with van der Waals surface area (Å²) in [5, 5.41) is 0. The van der Waals surface area contributed by atoms with E-state index in [0.717, 1.165) is 39.0 Å². The number of carbonyl (C=O) groups is 1. The molecular weight excluding hydrogens is 240 g/mol. The normalized spacial score (nSPS) is 25.4. The van der Waals surface area contributed by atoms with Crippen molar-refractivity contribution >= 4 is 5.91 Å². The number of amides is 1.